The molecular formula is C15H20N2O2. The van der Waals surface area contributed by atoms with Crippen LogP contribution in [0.25, 0.3) is 0 Å². The molecule has 0 aliphatic rings. The Morgan fingerprint density at radius 1 is 1.47 bits per heavy atom. The van der Waals surface area contributed by atoms with Crippen molar-refractivity contribution in [2.45, 2.75) is 13.3 Å². The molecule has 0 saturated carbocycles. The van der Waals surface area contributed by atoms with Crippen molar-refractivity contribution in [2.75, 3.05) is 26.3 Å². The molecule has 0 saturated heterocycles. The average molecular weight is 260 g/mol. The molecule has 4 heteroatoms. The number of rotatable bonds is 6. The molecule has 0 aliphatic carbocycles. The summed E-state index contributed by atoms with van der Waals surface area (Å²) in [7, 11) is 0. The van der Waals surface area contributed by atoms with Crippen molar-refractivity contribution in [1.29, 1.82) is 0 Å². The second-order valence-corrected chi connectivity index (χ2v) is 3.89. The van der Waals surface area contributed by atoms with Gasteiger partial charge in [-0.2, -0.15) is 0 Å². The Hall–Kier alpha value is -1.83. The summed E-state index contributed by atoms with van der Waals surface area (Å²) in [5, 5.41) is 2.85. The van der Waals surface area contributed by atoms with E-state index in [0.29, 0.717) is 31.9 Å². The smallest absolute Gasteiger partial charge is 0.251 e. The van der Waals surface area contributed by atoms with E-state index in [-0.39, 0.29) is 5.91 Å². The summed E-state index contributed by atoms with van der Waals surface area (Å²) >= 11 is 0. The Morgan fingerprint density at radius 2 is 2.32 bits per heavy atom. The fourth-order valence-electron chi connectivity index (χ4n) is 1.51. The highest BCUT2D eigenvalue weighted by atomic mass is 16.5. The number of hydrogen-bond donors (Lipinski definition) is 2. The lowest BCUT2D eigenvalue weighted by atomic mass is 10.1. The summed E-state index contributed by atoms with van der Waals surface area (Å²) in [5.74, 6) is 5.59. The summed E-state index contributed by atoms with van der Waals surface area (Å²) in [6.07, 6.45) is 0.812. The molecule has 3 N–H and O–H groups in total. The third-order valence-electron chi connectivity index (χ3n) is 2.41. The lowest BCUT2D eigenvalue weighted by Crippen LogP contribution is -2.25. The van der Waals surface area contributed by atoms with Crippen molar-refractivity contribution in [1.82, 2.24) is 5.32 Å². The Bertz CT molecular complexity index is 461. The third-order valence-corrected chi connectivity index (χ3v) is 2.41. The molecule has 0 unspecified atom stereocenters. The minimum Gasteiger partial charge on any atom is -0.382 e. The second kappa shape index (κ2) is 9.15. The van der Waals surface area contributed by atoms with Crippen LogP contribution in [0.3, 0.4) is 0 Å². The van der Waals surface area contributed by atoms with Crippen LogP contribution in [0.15, 0.2) is 24.3 Å². The summed E-state index contributed by atoms with van der Waals surface area (Å²) in [5.41, 5.74) is 6.72. The molecule has 0 fully saturated rings. The largest absolute Gasteiger partial charge is 0.382 e. The predicted octanol–water partition coefficient (Wildman–Crippen LogP) is 1.15. The van der Waals surface area contributed by atoms with E-state index in [0.717, 1.165) is 12.0 Å². The van der Waals surface area contributed by atoms with Gasteiger partial charge in [0.15, 0.2) is 0 Å². The quantitative estimate of drug-likeness (QED) is 0.596. The monoisotopic (exact) mass is 260 g/mol. The molecule has 0 bridgehead atoms. The van der Waals surface area contributed by atoms with Gasteiger partial charge in [0.1, 0.15) is 0 Å². The van der Waals surface area contributed by atoms with Gasteiger partial charge in [0.25, 0.3) is 5.91 Å². The van der Waals surface area contributed by atoms with Crippen LogP contribution in [0.2, 0.25) is 0 Å². The molecular weight excluding hydrogens is 240 g/mol. The Labute approximate surface area is 114 Å². The van der Waals surface area contributed by atoms with E-state index in [4.69, 9.17) is 10.5 Å². The van der Waals surface area contributed by atoms with Crippen molar-refractivity contribution >= 4 is 5.91 Å². The van der Waals surface area contributed by atoms with Gasteiger partial charge < -0.3 is 15.8 Å². The van der Waals surface area contributed by atoms with Gasteiger partial charge in [-0.05, 0) is 31.5 Å². The van der Waals surface area contributed by atoms with Crippen LogP contribution in [-0.2, 0) is 4.74 Å². The van der Waals surface area contributed by atoms with E-state index in [2.05, 4.69) is 17.2 Å². The van der Waals surface area contributed by atoms with Crippen LogP contribution in [0.1, 0.15) is 29.3 Å². The normalized spacial score (nSPS) is 9.58. The fraction of sp³-hybridized carbons (Fsp3) is 0.400. The highest BCUT2D eigenvalue weighted by molar-refractivity contribution is 5.94. The van der Waals surface area contributed by atoms with Gasteiger partial charge in [0, 0.05) is 30.9 Å². The number of hydrogen-bond acceptors (Lipinski definition) is 3. The number of nitrogens with two attached hydrogens (primary N) is 1. The Morgan fingerprint density at radius 3 is 3.05 bits per heavy atom. The van der Waals surface area contributed by atoms with Gasteiger partial charge in [-0.1, -0.05) is 17.9 Å². The van der Waals surface area contributed by atoms with Gasteiger partial charge in [-0.25, -0.2) is 0 Å². The summed E-state index contributed by atoms with van der Waals surface area (Å²) in [6.45, 7) is 4.24. The van der Waals surface area contributed by atoms with Crippen molar-refractivity contribution in [3.63, 3.8) is 0 Å². The van der Waals surface area contributed by atoms with Crippen molar-refractivity contribution in [3.05, 3.63) is 35.4 Å². The van der Waals surface area contributed by atoms with E-state index in [1.54, 1.807) is 12.1 Å². The standard InChI is InChI=1S/C15H20N2O2/c1-2-19-11-5-10-17-15(18)14-8-3-6-13(12-14)7-4-9-16/h3,6,8,12H,2,5,9-11,16H2,1H3,(H,17,18). The first-order chi connectivity index (χ1) is 9.27. The van der Waals surface area contributed by atoms with Crippen LogP contribution in [0.4, 0.5) is 0 Å². The van der Waals surface area contributed by atoms with Crippen LogP contribution < -0.4 is 11.1 Å². The highest BCUT2D eigenvalue weighted by Crippen LogP contribution is 2.04. The van der Waals surface area contributed by atoms with Crippen LogP contribution in [0, 0.1) is 11.8 Å². The Balaban J connectivity index is 2.48. The predicted molar refractivity (Wildman–Crippen MR) is 75.8 cm³/mol. The molecule has 1 amide bonds. The van der Waals surface area contributed by atoms with Gasteiger partial charge in [-0.3, -0.25) is 4.79 Å². The number of ether oxygens (including phenoxy) is 1. The maximum Gasteiger partial charge on any atom is 0.251 e. The van der Waals surface area contributed by atoms with E-state index in [1.165, 1.54) is 0 Å². The molecule has 0 aliphatic heterocycles. The first-order valence-electron chi connectivity index (χ1n) is 6.43. The van der Waals surface area contributed by atoms with Crippen molar-refractivity contribution in [3.8, 4) is 11.8 Å². The number of carbonyl (C=O) groups excluding carboxylic acids is 1. The van der Waals surface area contributed by atoms with Crippen LogP contribution >= 0.6 is 0 Å². The molecule has 0 spiro atoms. The van der Waals surface area contributed by atoms with Crippen molar-refractivity contribution in [2.24, 2.45) is 5.73 Å². The molecule has 0 radical (unpaired) electrons. The first-order valence-corrected chi connectivity index (χ1v) is 6.43. The minimum atomic E-state index is -0.0899. The van der Waals surface area contributed by atoms with E-state index >= 15 is 0 Å². The van der Waals surface area contributed by atoms with E-state index in [9.17, 15) is 4.79 Å². The zero-order valence-corrected chi connectivity index (χ0v) is 11.2. The lowest BCUT2D eigenvalue weighted by molar-refractivity contribution is 0.0944. The first kappa shape index (κ1) is 15.2. The maximum atomic E-state index is 11.9. The molecule has 0 atom stereocenters. The second-order valence-electron chi connectivity index (χ2n) is 3.89. The number of amides is 1. The molecule has 1 aromatic carbocycles. The van der Waals surface area contributed by atoms with E-state index < -0.39 is 0 Å². The SMILES string of the molecule is CCOCCCNC(=O)c1cccc(C#CCN)c1. The molecule has 19 heavy (non-hydrogen) atoms. The maximum absolute atomic E-state index is 11.9. The van der Waals surface area contributed by atoms with Gasteiger partial charge in [0.2, 0.25) is 0 Å². The van der Waals surface area contributed by atoms with Crippen LogP contribution in [0.5, 0.6) is 0 Å². The van der Waals surface area contributed by atoms with Gasteiger partial charge in [-0.15, -0.1) is 0 Å². The van der Waals surface area contributed by atoms with Gasteiger partial charge >= 0.3 is 0 Å². The molecule has 4 nitrogen and oxygen atoms in total. The fourth-order valence-corrected chi connectivity index (χ4v) is 1.51. The summed E-state index contributed by atoms with van der Waals surface area (Å²) in [4.78, 5) is 11.9. The molecule has 1 aromatic rings. The number of benzene rings is 1. The number of carbonyl (C=O) groups is 1. The van der Waals surface area contributed by atoms with Crippen LogP contribution in [-0.4, -0.2) is 32.2 Å². The topological polar surface area (TPSA) is 64.3 Å². The zero-order chi connectivity index (χ0) is 13.9. The Kier molecular flexibility index (Phi) is 7.33. The van der Waals surface area contributed by atoms with Gasteiger partial charge in [0.05, 0.1) is 6.54 Å². The summed E-state index contributed by atoms with van der Waals surface area (Å²) < 4.78 is 5.20. The van der Waals surface area contributed by atoms with E-state index in [1.807, 2.05) is 19.1 Å². The zero-order valence-electron chi connectivity index (χ0n) is 11.2. The third kappa shape index (κ3) is 6.05. The number of nitrogens with one attached hydrogen (secondary N) is 1. The molecule has 1 rings (SSSR count). The molecule has 0 heterocycles. The lowest BCUT2D eigenvalue weighted by Gasteiger charge is -2.05. The highest BCUT2D eigenvalue weighted by Gasteiger charge is 2.04. The van der Waals surface area contributed by atoms with Crippen molar-refractivity contribution < 1.29 is 9.53 Å². The average Bonchev–Trinajstić information content (AvgIpc) is 2.45. The summed E-state index contributed by atoms with van der Waals surface area (Å²) in [6, 6.07) is 7.20. The molecule has 102 valence electrons. The minimum absolute atomic E-state index is 0.0899. The molecule has 0 aromatic heterocycles.